The van der Waals surface area contributed by atoms with Crippen molar-refractivity contribution in [2.24, 2.45) is 0 Å². The Kier molecular flexibility index (Phi) is 4.48. The Morgan fingerprint density at radius 1 is 1.41 bits per heavy atom. The summed E-state index contributed by atoms with van der Waals surface area (Å²) in [6.07, 6.45) is 0. The van der Waals surface area contributed by atoms with Crippen molar-refractivity contribution in [2.75, 3.05) is 26.0 Å². The fourth-order valence-corrected chi connectivity index (χ4v) is 1.57. The van der Waals surface area contributed by atoms with Gasteiger partial charge in [-0.1, -0.05) is 0 Å². The highest BCUT2D eigenvalue weighted by atomic mass is 16.6. The third-order valence-corrected chi connectivity index (χ3v) is 2.41. The number of hydroxylamine groups is 1. The van der Waals surface area contributed by atoms with Gasteiger partial charge in [-0.05, 0) is 31.5 Å². The number of aryl methyl sites for hydroxylation is 1. The Hall–Kier alpha value is -1.59. The van der Waals surface area contributed by atoms with Gasteiger partial charge in [0.05, 0.1) is 7.11 Å². The molecule has 17 heavy (non-hydrogen) atoms. The third-order valence-electron chi connectivity index (χ3n) is 2.41. The van der Waals surface area contributed by atoms with E-state index in [2.05, 4.69) is 0 Å². The molecule has 0 aliphatic rings. The Morgan fingerprint density at radius 3 is 2.53 bits per heavy atom. The monoisotopic (exact) mass is 238 g/mol. The van der Waals surface area contributed by atoms with Gasteiger partial charge in [-0.15, -0.1) is 0 Å². The molecule has 94 valence electrons. The van der Waals surface area contributed by atoms with E-state index >= 15 is 0 Å². The van der Waals surface area contributed by atoms with Gasteiger partial charge in [-0.3, -0.25) is 4.79 Å². The van der Waals surface area contributed by atoms with E-state index in [4.69, 9.17) is 9.47 Å². The van der Waals surface area contributed by atoms with Crippen LogP contribution in [0.1, 0.15) is 22.8 Å². The maximum Gasteiger partial charge on any atom is 0.161 e. The average molecular weight is 238 g/mol. The molecular weight excluding hydrogens is 222 g/mol. The van der Waals surface area contributed by atoms with Crippen LogP contribution in [0.25, 0.3) is 0 Å². The fraction of sp³-hybridized carbons (Fsp3) is 0.417. The van der Waals surface area contributed by atoms with Gasteiger partial charge in [-0.25, -0.2) is 0 Å². The lowest BCUT2D eigenvalue weighted by molar-refractivity contribution is 0.101. The second-order valence-corrected chi connectivity index (χ2v) is 3.69. The van der Waals surface area contributed by atoms with Gasteiger partial charge in [0.2, 0.25) is 0 Å². The molecule has 0 heterocycles. The van der Waals surface area contributed by atoms with Crippen LogP contribution in [0.5, 0.6) is 5.75 Å². The number of carbonyl (C=O) groups is 1. The number of Topliss-reactive ketones (excluding diaryl/α,β-unsaturated/α-hetero) is 1. The highest BCUT2D eigenvalue weighted by Crippen LogP contribution is 2.29. The van der Waals surface area contributed by atoms with E-state index in [1.54, 1.807) is 12.1 Å². The number of ether oxygens (including phenoxy) is 2. The van der Waals surface area contributed by atoms with E-state index in [9.17, 15) is 10.0 Å². The number of rotatable bonds is 5. The number of methoxy groups -OCH3 is 2. The SMILES string of the molecule is COCN([O-])c1cc(C)c(OC)cc1C(C)=O. The molecule has 0 bridgehead atoms. The molecule has 0 fully saturated rings. The molecule has 1 aromatic carbocycles. The molecule has 0 aliphatic carbocycles. The number of hydrogen-bond donors (Lipinski definition) is 0. The fourth-order valence-electron chi connectivity index (χ4n) is 1.57. The van der Waals surface area contributed by atoms with Crippen LogP contribution in [0, 0.1) is 12.1 Å². The van der Waals surface area contributed by atoms with Gasteiger partial charge in [0.25, 0.3) is 0 Å². The van der Waals surface area contributed by atoms with Crippen LogP contribution in [0.2, 0.25) is 0 Å². The van der Waals surface area contributed by atoms with Crippen LogP contribution in [0.4, 0.5) is 5.69 Å². The minimum absolute atomic E-state index is 0.119. The smallest absolute Gasteiger partial charge is 0.161 e. The third kappa shape index (κ3) is 2.95. The molecule has 1 aromatic rings. The van der Waals surface area contributed by atoms with E-state index in [1.165, 1.54) is 21.1 Å². The predicted molar refractivity (Wildman–Crippen MR) is 65.5 cm³/mol. The summed E-state index contributed by atoms with van der Waals surface area (Å²) in [6.45, 7) is 3.10. The first-order valence-corrected chi connectivity index (χ1v) is 5.14. The van der Waals surface area contributed by atoms with Gasteiger partial charge >= 0.3 is 0 Å². The van der Waals surface area contributed by atoms with Crippen molar-refractivity contribution in [1.29, 1.82) is 0 Å². The van der Waals surface area contributed by atoms with Crippen molar-refractivity contribution >= 4 is 11.5 Å². The number of anilines is 1. The molecule has 5 heteroatoms. The molecule has 0 amide bonds. The molecule has 0 saturated heterocycles. The Morgan fingerprint density at radius 2 is 2.06 bits per heavy atom. The highest BCUT2D eigenvalue weighted by Gasteiger charge is 2.12. The van der Waals surface area contributed by atoms with E-state index < -0.39 is 0 Å². The van der Waals surface area contributed by atoms with Gasteiger partial charge in [0.15, 0.2) is 5.78 Å². The zero-order valence-corrected chi connectivity index (χ0v) is 10.4. The number of nitrogens with zero attached hydrogens (tertiary/aromatic N) is 1. The van der Waals surface area contributed by atoms with Gasteiger partial charge in [0.1, 0.15) is 12.5 Å². The lowest BCUT2D eigenvalue weighted by atomic mass is 10.1. The molecule has 0 atom stereocenters. The standard InChI is InChI=1S/C12H16NO4/c1-8-5-11(13(15)7-16-3)10(9(2)14)6-12(8)17-4/h5-6H,7H2,1-4H3/q-1. The first-order chi connectivity index (χ1) is 8.01. The number of hydrogen-bond acceptors (Lipinski definition) is 5. The summed E-state index contributed by atoms with van der Waals surface area (Å²) in [5.41, 5.74) is 1.43. The van der Waals surface area contributed by atoms with E-state index in [0.29, 0.717) is 22.1 Å². The quantitative estimate of drug-likeness (QED) is 0.446. The predicted octanol–water partition coefficient (Wildman–Crippen LogP) is 2.11. The highest BCUT2D eigenvalue weighted by molar-refractivity contribution is 6.00. The average Bonchev–Trinajstić information content (AvgIpc) is 2.28. The summed E-state index contributed by atoms with van der Waals surface area (Å²) in [6, 6.07) is 3.20. The Balaban J connectivity index is 3.27. The van der Waals surface area contributed by atoms with Crippen molar-refractivity contribution in [1.82, 2.24) is 0 Å². The zero-order valence-electron chi connectivity index (χ0n) is 10.4. The molecular formula is C12H16NO4-. The zero-order chi connectivity index (χ0) is 13.0. The number of benzene rings is 1. The summed E-state index contributed by atoms with van der Waals surface area (Å²) < 4.78 is 9.89. The molecule has 0 spiro atoms. The summed E-state index contributed by atoms with van der Waals surface area (Å²) in [5, 5.41) is 12.4. The van der Waals surface area contributed by atoms with Gasteiger partial charge in [0, 0.05) is 18.4 Å². The molecule has 1 rings (SSSR count). The lowest BCUT2D eigenvalue weighted by Crippen LogP contribution is -2.20. The molecule has 0 saturated carbocycles. The molecule has 0 aromatic heterocycles. The minimum Gasteiger partial charge on any atom is -0.757 e. The summed E-state index contributed by atoms with van der Waals surface area (Å²) in [4.78, 5) is 11.5. The summed E-state index contributed by atoms with van der Waals surface area (Å²) in [7, 11) is 2.95. The first kappa shape index (κ1) is 13.5. The van der Waals surface area contributed by atoms with Crippen LogP contribution < -0.4 is 9.80 Å². The maximum absolute atomic E-state index is 11.7. The van der Waals surface area contributed by atoms with Crippen molar-refractivity contribution in [2.45, 2.75) is 13.8 Å². The second kappa shape index (κ2) is 5.65. The second-order valence-electron chi connectivity index (χ2n) is 3.69. The minimum atomic E-state index is -0.185. The molecule has 0 aliphatic heterocycles. The van der Waals surface area contributed by atoms with Crippen molar-refractivity contribution in [3.63, 3.8) is 0 Å². The van der Waals surface area contributed by atoms with Gasteiger partial charge in [-0.2, -0.15) is 0 Å². The molecule has 5 nitrogen and oxygen atoms in total. The van der Waals surface area contributed by atoms with Gasteiger partial charge < -0.3 is 19.7 Å². The topological polar surface area (TPSA) is 61.8 Å². The van der Waals surface area contributed by atoms with E-state index in [-0.39, 0.29) is 12.5 Å². The maximum atomic E-state index is 11.7. The number of carbonyl (C=O) groups excluding carboxylic acids is 1. The van der Waals surface area contributed by atoms with Crippen LogP contribution in [0.15, 0.2) is 12.1 Å². The summed E-state index contributed by atoms with van der Waals surface area (Å²) in [5.74, 6) is 0.403. The Bertz CT molecular complexity index is 417. The van der Waals surface area contributed by atoms with Crippen LogP contribution in [-0.2, 0) is 4.74 Å². The van der Waals surface area contributed by atoms with Crippen LogP contribution in [-0.4, -0.2) is 26.7 Å². The first-order valence-electron chi connectivity index (χ1n) is 5.14. The van der Waals surface area contributed by atoms with Crippen molar-refractivity contribution in [3.05, 3.63) is 28.5 Å². The largest absolute Gasteiger partial charge is 0.757 e. The lowest BCUT2D eigenvalue weighted by Gasteiger charge is -2.31. The van der Waals surface area contributed by atoms with E-state index in [1.807, 2.05) is 6.92 Å². The van der Waals surface area contributed by atoms with Crippen LogP contribution >= 0.6 is 0 Å². The van der Waals surface area contributed by atoms with Crippen LogP contribution in [0.3, 0.4) is 0 Å². The van der Waals surface area contributed by atoms with Crippen molar-refractivity contribution in [3.8, 4) is 5.75 Å². The number of ketones is 1. The Labute approximate surface area is 101 Å². The molecule has 0 N–H and O–H groups in total. The van der Waals surface area contributed by atoms with Crippen molar-refractivity contribution < 1.29 is 14.3 Å². The normalized spacial score (nSPS) is 10.2. The molecule has 0 unspecified atom stereocenters. The summed E-state index contributed by atoms with van der Waals surface area (Å²) >= 11 is 0. The molecule has 0 radical (unpaired) electrons. The van der Waals surface area contributed by atoms with E-state index in [0.717, 1.165) is 5.56 Å².